The first-order valence-electron chi connectivity index (χ1n) is 6.90. The third-order valence-electron chi connectivity index (χ3n) is 4.80. The third-order valence-corrected chi connectivity index (χ3v) is 4.80. The van der Waals surface area contributed by atoms with Crippen LogP contribution in [0.2, 0.25) is 0 Å². The average Bonchev–Trinajstić information content (AvgIpc) is 2.91. The number of hydrogen-bond donors (Lipinski definition) is 1. The van der Waals surface area contributed by atoms with Crippen LogP contribution in [0.4, 0.5) is 0 Å². The van der Waals surface area contributed by atoms with Crippen LogP contribution in [0.3, 0.4) is 0 Å². The lowest BCUT2D eigenvalue weighted by atomic mass is 9.83. The van der Waals surface area contributed by atoms with Crippen LogP contribution in [0.15, 0.2) is 18.3 Å². The molecule has 2 aliphatic carbocycles. The van der Waals surface area contributed by atoms with Crippen LogP contribution in [-0.4, -0.2) is 4.98 Å². The van der Waals surface area contributed by atoms with Crippen molar-refractivity contribution in [1.82, 2.24) is 4.98 Å². The molecule has 2 bridgehead atoms. The highest BCUT2D eigenvalue weighted by Gasteiger charge is 2.39. The summed E-state index contributed by atoms with van der Waals surface area (Å²) in [6.07, 6.45) is 8.94. The molecule has 17 heavy (non-hydrogen) atoms. The van der Waals surface area contributed by atoms with Crippen LogP contribution in [0.25, 0.3) is 0 Å². The summed E-state index contributed by atoms with van der Waals surface area (Å²) in [6, 6.07) is 4.39. The van der Waals surface area contributed by atoms with E-state index in [0.29, 0.717) is 0 Å². The van der Waals surface area contributed by atoms with E-state index in [0.717, 1.165) is 29.9 Å². The minimum atomic E-state index is 0.187. The Morgan fingerprint density at radius 2 is 2.24 bits per heavy atom. The molecule has 1 aromatic rings. The number of fused-ring (bicyclic) bond motifs is 2. The predicted molar refractivity (Wildman–Crippen MR) is 69.5 cm³/mol. The van der Waals surface area contributed by atoms with Crippen molar-refractivity contribution in [2.45, 2.75) is 45.1 Å². The van der Waals surface area contributed by atoms with Gasteiger partial charge in [-0.15, -0.1) is 0 Å². The van der Waals surface area contributed by atoms with Gasteiger partial charge in [0.25, 0.3) is 0 Å². The van der Waals surface area contributed by atoms with Crippen molar-refractivity contribution in [3.8, 4) is 0 Å². The van der Waals surface area contributed by atoms with E-state index < -0.39 is 0 Å². The molecule has 4 unspecified atom stereocenters. The molecule has 0 aliphatic heterocycles. The van der Waals surface area contributed by atoms with Gasteiger partial charge in [0.1, 0.15) is 0 Å². The Hall–Kier alpha value is -0.890. The fraction of sp³-hybridized carbons (Fsp3) is 0.667. The summed E-state index contributed by atoms with van der Waals surface area (Å²) in [4.78, 5) is 4.34. The summed E-state index contributed by atoms with van der Waals surface area (Å²) in [6.45, 7) is 2.02. The zero-order valence-electron chi connectivity index (χ0n) is 10.6. The second-order valence-corrected chi connectivity index (χ2v) is 6.01. The highest BCUT2D eigenvalue weighted by Crippen LogP contribution is 2.50. The molecule has 2 fully saturated rings. The number of hydrogen-bond acceptors (Lipinski definition) is 2. The number of nitrogens with two attached hydrogens (primary N) is 1. The van der Waals surface area contributed by atoms with E-state index in [1.165, 1.54) is 31.2 Å². The van der Waals surface area contributed by atoms with Gasteiger partial charge in [-0.25, -0.2) is 0 Å². The van der Waals surface area contributed by atoms with Gasteiger partial charge in [-0.3, -0.25) is 4.98 Å². The fourth-order valence-corrected chi connectivity index (χ4v) is 3.83. The highest BCUT2D eigenvalue weighted by molar-refractivity contribution is 5.17. The maximum Gasteiger partial charge on any atom is 0.0372 e. The molecule has 0 radical (unpaired) electrons. The van der Waals surface area contributed by atoms with Crippen LogP contribution in [0.5, 0.6) is 0 Å². The molecule has 2 heteroatoms. The quantitative estimate of drug-likeness (QED) is 0.866. The van der Waals surface area contributed by atoms with Crippen LogP contribution in [0.1, 0.15) is 49.4 Å². The number of pyridine rings is 1. The summed E-state index contributed by atoms with van der Waals surface area (Å²) in [5, 5.41) is 0. The molecule has 0 aromatic carbocycles. The monoisotopic (exact) mass is 230 g/mol. The summed E-state index contributed by atoms with van der Waals surface area (Å²) in [5.41, 5.74) is 8.59. The van der Waals surface area contributed by atoms with E-state index in [9.17, 15) is 0 Å². The van der Waals surface area contributed by atoms with Gasteiger partial charge < -0.3 is 5.73 Å². The maximum absolute atomic E-state index is 6.32. The zero-order chi connectivity index (χ0) is 11.8. The lowest BCUT2D eigenvalue weighted by Crippen LogP contribution is -2.19. The van der Waals surface area contributed by atoms with Gasteiger partial charge in [0.2, 0.25) is 0 Å². The van der Waals surface area contributed by atoms with E-state index in [1.54, 1.807) is 0 Å². The molecule has 0 spiro atoms. The van der Waals surface area contributed by atoms with Crippen molar-refractivity contribution < 1.29 is 0 Å². The van der Waals surface area contributed by atoms with Crippen molar-refractivity contribution >= 4 is 0 Å². The first-order chi connectivity index (χ1) is 8.22. The summed E-state index contributed by atoms with van der Waals surface area (Å²) >= 11 is 0. The van der Waals surface area contributed by atoms with Gasteiger partial charge in [0.05, 0.1) is 0 Å². The van der Waals surface area contributed by atoms with Crippen molar-refractivity contribution in [3.63, 3.8) is 0 Å². The second kappa shape index (κ2) is 4.41. The number of nitrogens with zero attached hydrogens (tertiary/aromatic N) is 1. The van der Waals surface area contributed by atoms with Gasteiger partial charge in [-0.2, -0.15) is 0 Å². The van der Waals surface area contributed by atoms with Crippen molar-refractivity contribution in [2.75, 3.05) is 0 Å². The van der Waals surface area contributed by atoms with E-state index in [4.69, 9.17) is 5.73 Å². The number of rotatable bonds is 3. The molecule has 2 saturated carbocycles. The summed E-state index contributed by atoms with van der Waals surface area (Å²) < 4.78 is 0. The smallest absolute Gasteiger partial charge is 0.0372 e. The molecular weight excluding hydrogens is 208 g/mol. The topological polar surface area (TPSA) is 38.9 Å². The first kappa shape index (κ1) is 11.2. The van der Waals surface area contributed by atoms with Crippen LogP contribution in [-0.2, 0) is 0 Å². The van der Waals surface area contributed by atoms with E-state index in [1.807, 2.05) is 13.1 Å². The first-order valence-corrected chi connectivity index (χ1v) is 6.90. The molecule has 2 nitrogen and oxygen atoms in total. The molecule has 4 atom stereocenters. The third kappa shape index (κ3) is 2.23. The molecule has 92 valence electrons. The summed E-state index contributed by atoms with van der Waals surface area (Å²) in [7, 11) is 0. The molecule has 3 rings (SSSR count). The zero-order valence-corrected chi connectivity index (χ0v) is 10.6. The molecule has 2 N–H and O–H groups in total. The van der Waals surface area contributed by atoms with Gasteiger partial charge >= 0.3 is 0 Å². The minimum absolute atomic E-state index is 0.187. The van der Waals surface area contributed by atoms with Gasteiger partial charge in [-0.1, -0.05) is 12.5 Å². The SMILES string of the molecule is Cc1ccc(C(N)CC2CC3CCC2C3)cn1. The fourth-order valence-electron chi connectivity index (χ4n) is 3.83. The van der Waals surface area contributed by atoms with Crippen molar-refractivity contribution in [3.05, 3.63) is 29.6 Å². The maximum atomic E-state index is 6.32. The van der Waals surface area contributed by atoms with Crippen LogP contribution >= 0.6 is 0 Å². The predicted octanol–water partition coefficient (Wildman–Crippen LogP) is 3.22. The van der Waals surface area contributed by atoms with E-state index in [2.05, 4.69) is 17.1 Å². The lowest BCUT2D eigenvalue weighted by molar-refractivity contribution is 0.296. The van der Waals surface area contributed by atoms with Gasteiger partial charge in [0.15, 0.2) is 0 Å². The van der Waals surface area contributed by atoms with Crippen molar-refractivity contribution in [1.29, 1.82) is 0 Å². The molecule has 1 aromatic heterocycles. The highest BCUT2D eigenvalue weighted by atomic mass is 14.7. The van der Waals surface area contributed by atoms with E-state index >= 15 is 0 Å². The number of aromatic nitrogens is 1. The Bertz CT molecular complexity index is 384. The molecular formula is C15H22N2. The molecule has 2 aliphatic rings. The Kier molecular flexibility index (Phi) is 2.91. The van der Waals surface area contributed by atoms with Crippen LogP contribution in [0, 0.1) is 24.7 Å². The Labute approximate surface area is 104 Å². The lowest BCUT2D eigenvalue weighted by Gasteiger charge is -2.24. The molecule has 1 heterocycles. The number of aryl methyl sites for hydroxylation is 1. The van der Waals surface area contributed by atoms with Gasteiger partial charge in [0, 0.05) is 17.9 Å². The Morgan fingerprint density at radius 3 is 2.82 bits per heavy atom. The second-order valence-electron chi connectivity index (χ2n) is 6.01. The minimum Gasteiger partial charge on any atom is -0.324 e. The normalized spacial score (nSPS) is 32.9. The Morgan fingerprint density at radius 1 is 1.35 bits per heavy atom. The Balaban J connectivity index is 1.63. The van der Waals surface area contributed by atoms with Gasteiger partial charge in [-0.05, 0) is 62.0 Å². The molecule has 0 saturated heterocycles. The average molecular weight is 230 g/mol. The summed E-state index contributed by atoms with van der Waals surface area (Å²) in [5.74, 6) is 2.88. The standard InChI is InChI=1S/C15H22N2/c1-10-2-4-13(9-17-10)15(16)8-14-7-11-3-5-12(14)6-11/h2,4,9,11-12,14-15H,3,5-8,16H2,1H3. The van der Waals surface area contributed by atoms with Crippen LogP contribution < -0.4 is 5.73 Å². The van der Waals surface area contributed by atoms with E-state index in [-0.39, 0.29) is 6.04 Å². The largest absolute Gasteiger partial charge is 0.324 e. The molecule has 0 amide bonds. The van der Waals surface area contributed by atoms with Crippen molar-refractivity contribution in [2.24, 2.45) is 23.5 Å².